The van der Waals surface area contributed by atoms with Crippen molar-refractivity contribution in [2.45, 2.75) is 50.7 Å². The summed E-state index contributed by atoms with van der Waals surface area (Å²) in [6.07, 6.45) is -5.99. The normalized spacial score (nSPS) is 23.4. The molecular weight excluding hydrogens is 305 g/mol. The highest BCUT2D eigenvalue weighted by Gasteiger charge is 2.47. The fourth-order valence-corrected chi connectivity index (χ4v) is 3.36. The summed E-state index contributed by atoms with van der Waals surface area (Å²) in [5, 5.41) is 12.1. The Morgan fingerprint density at radius 3 is 2.90 bits per heavy atom. The van der Waals surface area contributed by atoms with Crippen molar-refractivity contribution in [3.8, 4) is 0 Å². The zero-order valence-corrected chi connectivity index (χ0v) is 12.7. The first-order valence-electron chi connectivity index (χ1n) is 6.79. The Hall–Kier alpha value is -0.700. The van der Waals surface area contributed by atoms with Crippen LogP contribution in [0.5, 0.6) is 0 Å². The third kappa shape index (κ3) is 3.94. The molecule has 1 saturated heterocycles. The minimum atomic E-state index is -4.58. The van der Waals surface area contributed by atoms with Crippen molar-refractivity contribution in [1.82, 2.24) is 9.88 Å². The van der Waals surface area contributed by atoms with Crippen LogP contribution in [0.1, 0.15) is 36.6 Å². The van der Waals surface area contributed by atoms with E-state index in [1.165, 1.54) is 11.3 Å². The highest BCUT2D eigenvalue weighted by Crippen LogP contribution is 2.32. The van der Waals surface area contributed by atoms with E-state index in [-0.39, 0.29) is 6.10 Å². The lowest BCUT2D eigenvalue weighted by molar-refractivity contribution is -0.219. The SMILES string of the molecule is CO[C@H](C)c1nc(CN2CCC[C@@H]2[C@H](O)C(F)(F)F)cs1. The van der Waals surface area contributed by atoms with E-state index in [1.807, 2.05) is 12.3 Å². The topological polar surface area (TPSA) is 45.6 Å². The highest BCUT2D eigenvalue weighted by atomic mass is 32.1. The number of hydrogen-bond acceptors (Lipinski definition) is 5. The Morgan fingerprint density at radius 2 is 2.29 bits per heavy atom. The van der Waals surface area contributed by atoms with Crippen LogP contribution in [0, 0.1) is 0 Å². The van der Waals surface area contributed by atoms with Crippen LogP contribution in [0.25, 0.3) is 0 Å². The van der Waals surface area contributed by atoms with Gasteiger partial charge < -0.3 is 9.84 Å². The number of halogens is 3. The minimum absolute atomic E-state index is 0.126. The summed E-state index contributed by atoms with van der Waals surface area (Å²) in [6.45, 7) is 2.74. The molecule has 3 atom stereocenters. The van der Waals surface area contributed by atoms with Gasteiger partial charge >= 0.3 is 6.18 Å². The van der Waals surface area contributed by atoms with Gasteiger partial charge in [0.2, 0.25) is 0 Å². The standard InChI is InChI=1S/C13H19F3N2O2S/c1-8(20-2)12-17-9(7-21-12)6-18-5-3-4-10(18)11(19)13(14,15)16/h7-8,10-11,19H,3-6H2,1-2H3/t8-,10-,11+/m1/s1. The van der Waals surface area contributed by atoms with E-state index in [2.05, 4.69) is 4.98 Å². The number of aliphatic hydroxyl groups excluding tert-OH is 1. The number of thiazole rings is 1. The number of likely N-dealkylation sites (tertiary alicyclic amines) is 1. The zero-order valence-electron chi connectivity index (χ0n) is 11.9. The molecule has 0 aliphatic carbocycles. The first kappa shape index (κ1) is 16.7. The van der Waals surface area contributed by atoms with E-state index in [4.69, 9.17) is 4.74 Å². The molecule has 1 aromatic rings. The molecule has 0 spiro atoms. The van der Waals surface area contributed by atoms with Crippen molar-refractivity contribution in [3.05, 3.63) is 16.1 Å². The largest absolute Gasteiger partial charge is 0.415 e. The van der Waals surface area contributed by atoms with Gasteiger partial charge in [-0.3, -0.25) is 4.90 Å². The summed E-state index contributed by atoms with van der Waals surface area (Å²) in [4.78, 5) is 6.05. The van der Waals surface area contributed by atoms with Gasteiger partial charge in [-0.05, 0) is 26.3 Å². The minimum Gasteiger partial charge on any atom is -0.382 e. The van der Waals surface area contributed by atoms with Gasteiger partial charge in [0, 0.05) is 25.1 Å². The van der Waals surface area contributed by atoms with E-state index < -0.39 is 18.3 Å². The third-order valence-electron chi connectivity index (χ3n) is 3.75. The number of ether oxygens (including phenoxy) is 1. The van der Waals surface area contributed by atoms with E-state index in [0.29, 0.717) is 25.9 Å². The predicted molar refractivity (Wildman–Crippen MR) is 73.0 cm³/mol. The summed E-state index contributed by atoms with van der Waals surface area (Å²) in [7, 11) is 1.59. The van der Waals surface area contributed by atoms with Crippen LogP contribution in [-0.4, -0.2) is 47.0 Å². The molecule has 2 rings (SSSR count). The second-order valence-electron chi connectivity index (χ2n) is 5.22. The van der Waals surface area contributed by atoms with Crippen LogP contribution < -0.4 is 0 Å². The first-order chi connectivity index (χ1) is 9.82. The molecule has 8 heteroatoms. The van der Waals surface area contributed by atoms with Gasteiger partial charge in [0.15, 0.2) is 6.10 Å². The molecule has 1 aromatic heterocycles. The number of hydrogen-bond donors (Lipinski definition) is 1. The van der Waals surface area contributed by atoms with E-state index in [0.717, 1.165) is 10.7 Å². The van der Waals surface area contributed by atoms with Gasteiger partial charge in [0.05, 0.1) is 5.69 Å². The lowest BCUT2D eigenvalue weighted by Gasteiger charge is -2.29. The van der Waals surface area contributed by atoms with Crippen LogP contribution >= 0.6 is 11.3 Å². The number of rotatable bonds is 5. The van der Waals surface area contributed by atoms with Gasteiger partial charge in [0.25, 0.3) is 0 Å². The average molecular weight is 324 g/mol. The Morgan fingerprint density at radius 1 is 1.57 bits per heavy atom. The molecular formula is C13H19F3N2O2S. The lowest BCUT2D eigenvalue weighted by atomic mass is 10.1. The molecule has 1 N–H and O–H groups in total. The molecule has 0 amide bonds. The molecule has 0 unspecified atom stereocenters. The molecule has 0 saturated carbocycles. The molecule has 120 valence electrons. The number of methoxy groups -OCH3 is 1. The van der Waals surface area contributed by atoms with Crippen LogP contribution in [0.4, 0.5) is 13.2 Å². The van der Waals surface area contributed by atoms with Crippen LogP contribution in [0.15, 0.2) is 5.38 Å². The van der Waals surface area contributed by atoms with Crippen molar-refractivity contribution in [3.63, 3.8) is 0 Å². The summed E-state index contributed by atoms with van der Waals surface area (Å²) in [6, 6.07) is -0.880. The quantitative estimate of drug-likeness (QED) is 0.905. The fraction of sp³-hybridized carbons (Fsp3) is 0.769. The molecule has 1 fully saturated rings. The lowest BCUT2D eigenvalue weighted by Crippen LogP contribution is -2.46. The average Bonchev–Trinajstić information content (AvgIpc) is 3.05. The summed E-state index contributed by atoms with van der Waals surface area (Å²) < 4.78 is 43.2. The van der Waals surface area contributed by atoms with Crippen molar-refractivity contribution >= 4 is 11.3 Å². The van der Waals surface area contributed by atoms with Crippen molar-refractivity contribution < 1.29 is 23.0 Å². The molecule has 21 heavy (non-hydrogen) atoms. The van der Waals surface area contributed by atoms with Crippen LogP contribution in [0.2, 0.25) is 0 Å². The van der Waals surface area contributed by atoms with Gasteiger partial charge in [0.1, 0.15) is 11.1 Å². The number of aromatic nitrogens is 1. The smallest absolute Gasteiger partial charge is 0.382 e. The van der Waals surface area contributed by atoms with Crippen molar-refractivity contribution in [2.75, 3.05) is 13.7 Å². The number of aliphatic hydroxyl groups is 1. The number of nitrogens with zero attached hydrogens (tertiary/aromatic N) is 2. The molecule has 1 aliphatic rings. The Bertz CT molecular complexity index is 467. The molecule has 0 bridgehead atoms. The van der Waals surface area contributed by atoms with Gasteiger partial charge in [-0.1, -0.05) is 0 Å². The van der Waals surface area contributed by atoms with E-state index >= 15 is 0 Å². The summed E-state index contributed by atoms with van der Waals surface area (Å²) in [5.41, 5.74) is 0.722. The van der Waals surface area contributed by atoms with Crippen LogP contribution in [0.3, 0.4) is 0 Å². The highest BCUT2D eigenvalue weighted by molar-refractivity contribution is 7.09. The first-order valence-corrected chi connectivity index (χ1v) is 7.66. The predicted octanol–water partition coefficient (Wildman–Crippen LogP) is 2.74. The van der Waals surface area contributed by atoms with Crippen molar-refractivity contribution in [1.29, 1.82) is 0 Å². The maximum absolute atomic E-state index is 12.7. The Kier molecular flexibility index (Phi) is 5.24. The molecule has 4 nitrogen and oxygen atoms in total. The van der Waals surface area contributed by atoms with Gasteiger partial charge in [-0.2, -0.15) is 13.2 Å². The Balaban J connectivity index is 2.03. The maximum Gasteiger partial charge on any atom is 0.415 e. The van der Waals surface area contributed by atoms with E-state index in [9.17, 15) is 18.3 Å². The second kappa shape index (κ2) is 6.60. The Labute approximate surface area is 125 Å². The summed E-state index contributed by atoms with van der Waals surface area (Å²) >= 11 is 1.43. The maximum atomic E-state index is 12.7. The fourth-order valence-electron chi connectivity index (χ4n) is 2.51. The zero-order chi connectivity index (χ0) is 15.6. The monoisotopic (exact) mass is 324 g/mol. The molecule has 2 heterocycles. The summed E-state index contributed by atoms with van der Waals surface area (Å²) in [5.74, 6) is 0. The second-order valence-corrected chi connectivity index (χ2v) is 6.11. The van der Waals surface area contributed by atoms with Gasteiger partial charge in [-0.25, -0.2) is 4.98 Å². The number of alkyl halides is 3. The van der Waals surface area contributed by atoms with Crippen molar-refractivity contribution in [2.24, 2.45) is 0 Å². The van der Waals surface area contributed by atoms with Gasteiger partial charge in [-0.15, -0.1) is 11.3 Å². The molecule has 0 aromatic carbocycles. The molecule has 0 radical (unpaired) electrons. The van der Waals surface area contributed by atoms with E-state index in [1.54, 1.807) is 12.0 Å². The van der Waals surface area contributed by atoms with Crippen LogP contribution in [-0.2, 0) is 11.3 Å². The molecule has 1 aliphatic heterocycles. The third-order valence-corrected chi connectivity index (χ3v) is 4.80.